The summed E-state index contributed by atoms with van der Waals surface area (Å²) in [5.74, 6) is 0. The Hall–Kier alpha value is -1.17. The summed E-state index contributed by atoms with van der Waals surface area (Å²) in [5.41, 5.74) is 3.61. The van der Waals surface area contributed by atoms with Crippen LogP contribution in [-0.2, 0) is 11.3 Å². The van der Waals surface area contributed by atoms with Gasteiger partial charge in [0.15, 0.2) is 5.11 Å². The minimum absolute atomic E-state index is 0.650. The molecule has 1 heterocycles. The maximum Gasteiger partial charge on any atom is 0.170 e. The van der Waals surface area contributed by atoms with Crippen LogP contribution in [-0.4, -0.2) is 43.4 Å². The van der Waals surface area contributed by atoms with Gasteiger partial charge in [0.25, 0.3) is 0 Å². The third-order valence-electron chi connectivity index (χ3n) is 3.32. The number of aryl methyl sites for hydroxylation is 1. The average Bonchev–Trinajstić information content (AvgIpc) is 2.43. The summed E-state index contributed by atoms with van der Waals surface area (Å²) in [6.07, 6.45) is 0. The van der Waals surface area contributed by atoms with E-state index in [0.29, 0.717) is 5.11 Å². The first-order valence-electron chi connectivity index (χ1n) is 6.58. The largest absolute Gasteiger partial charge is 0.379 e. The Morgan fingerprint density at radius 1 is 1.37 bits per heavy atom. The Bertz CT molecular complexity index is 444. The molecule has 0 saturated carbocycles. The summed E-state index contributed by atoms with van der Waals surface area (Å²) in [6.45, 7) is 6.66. The van der Waals surface area contributed by atoms with Crippen molar-refractivity contribution in [3.05, 3.63) is 29.3 Å². The van der Waals surface area contributed by atoms with E-state index in [1.807, 2.05) is 7.05 Å². The fraction of sp³-hybridized carbons (Fsp3) is 0.500. The van der Waals surface area contributed by atoms with Crippen molar-refractivity contribution in [3.63, 3.8) is 0 Å². The molecule has 0 atom stereocenters. The van der Waals surface area contributed by atoms with Crippen LogP contribution in [0.5, 0.6) is 0 Å². The highest BCUT2D eigenvalue weighted by Gasteiger charge is 2.14. The second-order valence-electron chi connectivity index (χ2n) is 4.70. The smallest absolute Gasteiger partial charge is 0.170 e. The minimum atomic E-state index is 0.650. The highest BCUT2D eigenvalue weighted by atomic mass is 32.1. The fourth-order valence-electron chi connectivity index (χ4n) is 2.22. The Kier molecular flexibility index (Phi) is 5.13. The number of para-hydroxylation sites is 1. The normalized spacial score (nSPS) is 16.1. The van der Waals surface area contributed by atoms with E-state index >= 15 is 0 Å². The van der Waals surface area contributed by atoms with Crippen LogP contribution in [0.1, 0.15) is 11.1 Å². The third-order valence-corrected chi connectivity index (χ3v) is 3.63. The highest BCUT2D eigenvalue weighted by molar-refractivity contribution is 7.80. The molecule has 1 aliphatic heterocycles. The van der Waals surface area contributed by atoms with Crippen molar-refractivity contribution >= 4 is 23.0 Å². The monoisotopic (exact) mass is 279 g/mol. The maximum atomic E-state index is 5.39. The van der Waals surface area contributed by atoms with Crippen molar-refractivity contribution in [3.8, 4) is 0 Å². The van der Waals surface area contributed by atoms with Crippen molar-refractivity contribution < 1.29 is 4.74 Å². The zero-order chi connectivity index (χ0) is 13.7. The standard InChI is InChI=1S/C14H21N3OS/c1-11-4-3-5-12(13(11)16-14(19)15-2)10-17-6-8-18-9-7-17/h3-5H,6-10H2,1-2H3,(H2,15,16,19). The molecule has 1 aromatic carbocycles. The lowest BCUT2D eigenvalue weighted by Crippen LogP contribution is -2.36. The lowest BCUT2D eigenvalue weighted by Gasteiger charge is -2.28. The summed E-state index contributed by atoms with van der Waals surface area (Å²) in [7, 11) is 1.83. The lowest BCUT2D eigenvalue weighted by molar-refractivity contribution is 0.0343. The molecule has 1 fully saturated rings. The predicted molar refractivity (Wildman–Crippen MR) is 82.6 cm³/mol. The molecular weight excluding hydrogens is 258 g/mol. The number of rotatable bonds is 3. The first-order valence-corrected chi connectivity index (χ1v) is 6.99. The average molecular weight is 279 g/mol. The molecule has 4 nitrogen and oxygen atoms in total. The van der Waals surface area contributed by atoms with Crippen LogP contribution in [0.4, 0.5) is 5.69 Å². The molecular formula is C14H21N3OS. The minimum Gasteiger partial charge on any atom is -0.379 e. The van der Waals surface area contributed by atoms with Gasteiger partial charge in [-0.1, -0.05) is 18.2 Å². The molecule has 1 saturated heterocycles. The molecule has 0 spiro atoms. The number of hydrogen-bond donors (Lipinski definition) is 2. The number of ether oxygens (including phenoxy) is 1. The first kappa shape index (κ1) is 14.2. The molecule has 0 aromatic heterocycles. The Morgan fingerprint density at radius 2 is 2.11 bits per heavy atom. The van der Waals surface area contributed by atoms with Crippen molar-refractivity contribution in [1.29, 1.82) is 0 Å². The molecule has 19 heavy (non-hydrogen) atoms. The topological polar surface area (TPSA) is 36.5 Å². The number of nitrogens with one attached hydrogen (secondary N) is 2. The van der Waals surface area contributed by atoms with Crippen molar-refractivity contribution in [2.75, 3.05) is 38.7 Å². The molecule has 0 bridgehead atoms. The van der Waals surface area contributed by atoms with Gasteiger partial charge in [-0.25, -0.2) is 0 Å². The van der Waals surface area contributed by atoms with Crippen LogP contribution in [0.2, 0.25) is 0 Å². The van der Waals surface area contributed by atoms with Gasteiger partial charge in [-0.05, 0) is 30.3 Å². The lowest BCUT2D eigenvalue weighted by atomic mass is 10.1. The molecule has 0 aliphatic carbocycles. The van der Waals surface area contributed by atoms with E-state index in [1.165, 1.54) is 11.1 Å². The Morgan fingerprint density at radius 3 is 2.79 bits per heavy atom. The number of anilines is 1. The van der Waals surface area contributed by atoms with Crippen molar-refractivity contribution in [1.82, 2.24) is 10.2 Å². The summed E-state index contributed by atoms with van der Waals surface area (Å²) in [6, 6.07) is 6.35. The zero-order valence-corrected chi connectivity index (χ0v) is 12.3. The van der Waals surface area contributed by atoms with Crippen LogP contribution in [0.3, 0.4) is 0 Å². The van der Waals surface area contributed by atoms with Gasteiger partial charge in [-0.3, -0.25) is 4.90 Å². The van der Waals surface area contributed by atoms with E-state index in [2.05, 4.69) is 40.7 Å². The van der Waals surface area contributed by atoms with Gasteiger partial charge in [-0.2, -0.15) is 0 Å². The molecule has 5 heteroatoms. The van der Waals surface area contributed by atoms with Crippen LogP contribution in [0.25, 0.3) is 0 Å². The molecule has 1 aromatic rings. The van der Waals surface area contributed by atoms with Crippen molar-refractivity contribution in [2.24, 2.45) is 0 Å². The fourth-order valence-corrected chi connectivity index (χ4v) is 2.32. The Labute approximate surface area is 120 Å². The highest BCUT2D eigenvalue weighted by Crippen LogP contribution is 2.22. The van der Waals surface area contributed by atoms with E-state index in [1.54, 1.807) is 0 Å². The van der Waals surface area contributed by atoms with Gasteiger partial charge in [0.2, 0.25) is 0 Å². The van der Waals surface area contributed by atoms with Gasteiger partial charge in [0, 0.05) is 32.4 Å². The van der Waals surface area contributed by atoms with Crippen LogP contribution < -0.4 is 10.6 Å². The van der Waals surface area contributed by atoms with Gasteiger partial charge in [0.05, 0.1) is 13.2 Å². The SMILES string of the molecule is CNC(=S)Nc1c(C)cccc1CN1CCOCC1. The number of benzene rings is 1. The van der Waals surface area contributed by atoms with E-state index in [4.69, 9.17) is 17.0 Å². The van der Waals surface area contributed by atoms with Crippen LogP contribution in [0.15, 0.2) is 18.2 Å². The van der Waals surface area contributed by atoms with Gasteiger partial charge in [0.1, 0.15) is 0 Å². The molecule has 104 valence electrons. The maximum absolute atomic E-state index is 5.39. The third kappa shape index (κ3) is 3.89. The van der Waals surface area contributed by atoms with Gasteiger partial charge in [-0.15, -0.1) is 0 Å². The first-order chi connectivity index (χ1) is 9.20. The van der Waals surface area contributed by atoms with Crippen molar-refractivity contribution in [2.45, 2.75) is 13.5 Å². The van der Waals surface area contributed by atoms with E-state index in [9.17, 15) is 0 Å². The quantitative estimate of drug-likeness (QED) is 0.824. The second-order valence-corrected chi connectivity index (χ2v) is 5.11. The summed E-state index contributed by atoms with van der Waals surface area (Å²) in [5, 5.41) is 6.89. The number of thiocarbonyl (C=S) groups is 1. The predicted octanol–water partition coefficient (Wildman–Crippen LogP) is 1.74. The van der Waals surface area contributed by atoms with Gasteiger partial charge < -0.3 is 15.4 Å². The molecule has 2 rings (SSSR count). The van der Waals surface area contributed by atoms with E-state index < -0.39 is 0 Å². The van der Waals surface area contributed by atoms with Crippen LogP contribution in [0, 0.1) is 6.92 Å². The molecule has 0 radical (unpaired) electrons. The summed E-state index contributed by atoms with van der Waals surface area (Å²) in [4.78, 5) is 2.41. The number of morpholine rings is 1. The van der Waals surface area contributed by atoms with Gasteiger partial charge >= 0.3 is 0 Å². The second kappa shape index (κ2) is 6.84. The summed E-state index contributed by atoms with van der Waals surface area (Å²) >= 11 is 5.21. The molecule has 2 N–H and O–H groups in total. The zero-order valence-electron chi connectivity index (χ0n) is 11.5. The molecule has 0 amide bonds. The summed E-state index contributed by atoms with van der Waals surface area (Å²) < 4.78 is 5.39. The Balaban J connectivity index is 2.13. The number of hydrogen-bond acceptors (Lipinski definition) is 3. The molecule has 1 aliphatic rings. The molecule has 0 unspecified atom stereocenters. The number of nitrogens with zero attached hydrogens (tertiary/aromatic N) is 1. The van der Waals surface area contributed by atoms with E-state index in [0.717, 1.165) is 38.5 Å². The van der Waals surface area contributed by atoms with E-state index in [-0.39, 0.29) is 0 Å². The van der Waals surface area contributed by atoms with Crippen LogP contribution >= 0.6 is 12.2 Å².